The number of ether oxygens (including phenoxy) is 1. The Morgan fingerprint density at radius 2 is 2.00 bits per heavy atom. The number of esters is 1. The van der Waals surface area contributed by atoms with Crippen molar-refractivity contribution < 1.29 is 23.1 Å². The quantitative estimate of drug-likeness (QED) is 0.870. The number of nitrogens with one attached hydrogen (secondary N) is 1. The first kappa shape index (κ1) is 15.5. The summed E-state index contributed by atoms with van der Waals surface area (Å²) >= 11 is 0. The van der Waals surface area contributed by atoms with Crippen molar-refractivity contribution in [2.75, 3.05) is 7.11 Å². The van der Waals surface area contributed by atoms with E-state index in [4.69, 9.17) is 4.74 Å². The highest BCUT2D eigenvalue weighted by atomic mass is 19.2. The molecule has 1 aliphatic heterocycles. The molecule has 1 fully saturated rings. The molecule has 0 unspecified atom stereocenters. The number of carbonyl (C=O) groups excluding carboxylic acids is 2. The average Bonchev–Trinajstić information content (AvgIpc) is 3.33. The summed E-state index contributed by atoms with van der Waals surface area (Å²) in [4.78, 5) is 26.1. The second kappa shape index (κ2) is 5.64. The maximum absolute atomic E-state index is 13.5. The minimum absolute atomic E-state index is 0.0700. The fraction of sp³-hybridized carbons (Fsp3) is 0.375. The highest BCUT2D eigenvalue weighted by Gasteiger charge is 2.42. The molecule has 1 atom stereocenters. The van der Waals surface area contributed by atoms with Gasteiger partial charge < -0.3 is 10.1 Å². The number of halogens is 2. The molecule has 2 amide bonds. The molecule has 1 saturated carbocycles. The molecule has 5 nitrogen and oxygen atoms in total. The lowest BCUT2D eigenvalue weighted by atomic mass is 9.94. The standard InChI is InChI=1S/C16H16F2N2O3/c1-8-13(15(21)23-2)14(9-3-6-11(17)12(18)7-9)19-16(22)20(8)10-4-5-10/h3,6-7,10,14H,4-5H2,1-2H3,(H,19,22)/t14-/m0/s1. The molecule has 0 saturated heterocycles. The number of rotatable bonds is 3. The van der Waals surface area contributed by atoms with Crippen LogP contribution in [0.4, 0.5) is 13.6 Å². The molecule has 3 rings (SSSR count). The minimum atomic E-state index is -1.04. The number of methoxy groups -OCH3 is 1. The van der Waals surface area contributed by atoms with E-state index < -0.39 is 23.6 Å². The van der Waals surface area contributed by atoms with Crippen LogP contribution in [0.5, 0.6) is 0 Å². The zero-order valence-corrected chi connectivity index (χ0v) is 12.7. The molecule has 1 aromatic rings. The van der Waals surface area contributed by atoms with Crippen molar-refractivity contribution in [3.05, 3.63) is 46.7 Å². The monoisotopic (exact) mass is 322 g/mol. The van der Waals surface area contributed by atoms with Crippen LogP contribution < -0.4 is 5.32 Å². The van der Waals surface area contributed by atoms with E-state index in [1.165, 1.54) is 18.1 Å². The summed E-state index contributed by atoms with van der Waals surface area (Å²) in [5.74, 6) is -2.64. The van der Waals surface area contributed by atoms with E-state index in [9.17, 15) is 18.4 Å². The maximum atomic E-state index is 13.5. The lowest BCUT2D eigenvalue weighted by Gasteiger charge is -2.35. The van der Waals surface area contributed by atoms with Crippen LogP contribution in [0.25, 0.3) is 0 Å². The fourth-order valence-corrected chi connectivity index (χ4v) is 2.85. The SMILES string of the molecule is COC(=O)C1=C(C)N(C2CC2)C(=O)N[C@H]1c1ccc(F)c(F)c1. The number of hydrogen-bond donors (Lipinski definition) is 1. The molecule has 0 aromatic heterocycles. The second-order valence-electron chi connectivity index (χ2n) is 5.65. The zero-order chi connectivity index (χ0) is 16.7. The molecular weight excluding hydrogens is 306 g/mol. The van der Waals surface area contributed by atoms with Crippen molar-refractivity contribution >= 4 is 12.0 Å². The number of allylic oxidation sites excluding steroid dienone is 1. The Bertz CT molecular complexity index is 713. The Balaban J connectivity index is 2.08. The average molecular weight is 322 g/mol. The first-order valence-electron chi connectivity index (χ1n) is 7.27. The number of amides is 2. The largest absolute Gasteiger partial charge is 0.466 e. The fourth-order valence-electron chi connectivity index (χ4n) is 2.85. The number of carbonyl (C=O) groups is 2. The summed E-state index contributed by atoms with van der Waals surface area (Å²) < 4.78 is 31.5. The van der Waals surface area contributed by atoms with Crippen LogP contribution in [0.1, 0.15) is 31.4 Å². The first-order valence-corrected chi connectivity index (χ1v) is 7.27. The molecule has 23 heavy (non-hydrogen) atoms. The summed E-state index contributed by atoms with van der Waals surface area (Å²) in [6.45, 7) is 1.66. The lowest BCUT2D eigenvalue weighted by Crippen LogP contribution is -2.48. The predicted octanol–water partition coefficient (Wildman–Crippen LogP) is 2.64. The van der Waals surface area contributed by atoms with Gasteiger partial charge in [-0.2, -0.15) is 0 Å². The van der Waals surface area contributed by atoms with Gasteiger partial charge in [0.15, 0.2) is 11.6 Å². The normalized spacial score (nSPS) is 21.3. The highest BCUT2D eigenvalue weighted by molar-refractivity contribution is 5.95. The number of urea groups is 1. The van der Waals surface area contributed by atoms with E-state index in [0.717, 1.165) is 25.0 Å². The Morgan fingerprint density at radius 3 is 2.57 bits per heavy atom. The van der Waals surface area contributed by atoms with Gasteiger partial charge in [0, 0.05) is 11.7 Å². The maximum Gasteiger partial charge on any atom is 0.337 e. The molecule has 1 heterocycles. The van der Waals surface area contributed by atoms with Crippen molar-refractivity contribution in [3.8, 4) is 0 Å². The van der Waals surface area contributed by atoms with E-state index in [1.54, 1.807) is 6.92 Å². The van der Waals surface area contributed by atoms with Crippen LogP contribution in [-0.4, -0.2) is 30.1 Å². The molecular formula is C16H16F2N2O3. The number of benzene rings is 1. The molecule has 2 aliphatic rings. The van der Waals surface area contributed by atoms with Crippen molar-refractivity contribution in [2.24, 2.45) is 0 Å². The van der Waals surface area contributed by atoms with E-state index in [-0.39, 0.29) is 23.2 Å². The van der Waals surface area contributed by atoms with Gasteiger partial charge in [-0.05, 0) is 37.5 Å². The highest BCUT2D eigenvalue weighted by Crippen LogP contribution is 2.38. The lowest BCUT2D eigenvalue weighted by molar-refractivity contribution is -0.136. The molecule has 122 valence electrons. The summed E-state index contributed by atoms with van der Waals surface area (Å²) in [5, 5.41) is 2.69. The van der Waals surface area contributed by atoms with Crippen LogP contribution in [-0.2, 0) is 9.53 Å². The van der Waals surface area contributed by atoms with Crippen LogP contribution in [0.3, 0.4) is 0 Å². The van der Waals surface area contributed by atoms with Gasteiger partial charge in [0.2, 0.25) is 0 Å². The topological polar surface area (TPSA) is 58.6 Å². The number of hydrogen-bond acceptors (Lipinski definition) is 3. The van der Waals surface area contributed by atoms with Crippen LogP contribution in [0, 0.1) is 11.6 Å². The van der Waals surface area contributed by atoms with Gasteiger partial charge in [-0.15, -0.1) is 0 Å². The zero-order valence-electron chi connectivity index (χ0n) is 12.7. The van der Waals surface area contributed by atoms with Crippen molar-refractivity contribution in [2.45, 2.75) is 31.8 Å². The molecule has 1 N–H and O–H groups in total. The van der Waals surface area contributed by atoms with Gasteiger partial charge in [-0.1, -0.05) is 6.07 Å². The summed E-state index contributed by atoms with van der Waals surface area (Å²) in [7, 11) is 1.24. The van der Waals surface area contributed by atoms with Crippen LogP contribution >= 0.6 is 0 Å². The Hall–Kier alpha value is -2.44. The van der Waals surface area contributed by atoms with Crippen LogP contribution in [0.15, 0.2) is 29.5 Å². The Labute approximate surface area is 131 Å². The van der Waals surface area contributed by atoms with Gasteiger partial charge in [-0.3, -0.25) is 4.90 Å². The van der Waals surface area contributed by atoms with Gasteiger partial charge in [-0.25, -0.2) is 18.4 Å². The van der Waals surface area contributed by atoms with Gasteiger partial charge >= 0.3 is 12.0 Å². The Morgan fingerprint density at radius 1 is 1.30 bits per heavy atom. The van der Waals surface area contributed by atoms with Crippen LogP contribution in [0.2, 0.25) is 0 Å². The Kier molecular flexibility index (Phi) is 3.79. The molecule has 0 spiro atoms. The second-order valence-corrected chi connectivity index (χ2v) is 5.65. The third-order valence-corrected chi connectivity index (χ3v) is 4.12. The third-order valence-electron chi connectivity index (χ3n) is 4.12. The molecule has 7 heteroatoms. The van der Waals surface area contributed by atoms with Crippen molar-refractivity contribution in [3.63, 3.8) is 0 Å². The molecule has 1 aliphatic carbocycles. The summed E-state index contributed by atoms with van der Waals surface area (Å²) in [6.07, 6.45) is 1.74. The van der Waals surface area contributed by atoms with Gasteiger partial charge in [0.25, 0.3) is 0 Å². The van der Waals surface area contributed by atoms with Gasteiger partial charge in [0.05, 0.1) is 18.7 Å². The number of nitrogens with zero attached hydrogens (tertiary/aromatic N) is 1. The summed E-state index contributed by atoms with van der Waals surface area (Å²) in [6, 6.07) is 2.12. The first-order chi connectivity index (χ1) is 10.9. The third kappa shape index (κ3) is 2.67. The van der Waals surface area contributed by atoms with E-state index in [1.807, 2.05) is 0 Å². The minimum Gasteiger partial charge on any atom is -0.466 e. The smallest absolute Gasteiger partial charge is 0.337 e. The molecule has 1 aromatic carbocycles. The van der Waals surface area contributed by atoms with Crippen molar-refractivity contribution in [1.82, 2.24) is 10.2 Å². The molecule has 0 bridgehead atoms. The van der Waals surface area contributed by atoms with E-state index in [2.05, 4.69) is 5.32 Å². The van der Waals surface area contributed by atoms with E-state index in [0.29, 0.717) is 5.70 Å². The van der Waals surface area contributed by atoms with Crippen molar-refractivity contribution in [1.29, 1.82) is 0 Å². The summed E-state index contributed by atoms with van der Waals surface area (Å²) in [5.41, 5.74) is 0.996. The molecule has 0 radical (unpaired) electrons. The van der Waals surface area contributed by atoms with E-state index >= 15 is 0 Å². The predicted molar refractivity (Wildman–Crippen MR) is 77.2 cm³/mol. The van der Waals surface area contributed by atoms with Gasteiger partial charge in [0.1, 0.15) is 0 Å².